The number of pyridine rings is 1. The largest absolute Gasteiger partial charge is 0.504 e. The summed E-state index contributed by atoms with van der Waals surface area (Å²) in [6.07, 6.45) is 3.48. The first-order valence-corrected chi connectivity index (χ1v) is 5.01. The summed E-state index contributed by atoms with van der Waals surface area (Å²) in [6.45, 7) is 1.96. The van der Waals surface area contributed by atoms with E-state index in [-0.39, 0.29) is 5.75 Å². The highest BCUT2D eigenvalue weighted by atomic mass is 16.5. The number of hydrogen-bond donors (Lipinski definition) is 1. The van der Waals surface area contributed by atoms with Crippen molar-refractivity contribution in [1.82, 2.24) is 4.98 Å². The zero-order valence-corrected chi connectivity index (χ0v) is 9.27. The zero-order valence-electron chi connectivity index (χ0n) is 9.27. The summed E-state index contributed by atoms with van der Waals surface area (Å²) < 4.78 is 5.08. The van der Waals surface area contributed by atoms with Gasteiger partial charge in [-0.2, -0.15) is 0 Å². The van der Waals surface area contributed by atoms with Gasteiger partial charge in [-0.15, -0.1) is 0 Å². The molecule has 2 rings (SSSR count). The van der Waals surface area contributed by atoms with E-state index in [9.17, 15) is 5.11 Å². The van der Waals surface area contributed by atoms with Crippen LogP contribution in [0.5, 0.6) is 11.5 Å². The molecule has 1 heterocycles. The number of phenols is 1. The number of phenolic OH excluding ortho intramolecular Hbond substituents is 1. The van der Waals surface area contributed by atoms with Crippen LogP contribution in [0.15, 0.2) is 36.7 Å². The van der Waals surface area contributed by atoms with Crippen LogP contribution in [0, 0.1) is 6.92 Å². The summed E-state index contributed by atoms with van der Waals surface area (Å²) >= 11 is 0. The fraction of sp³-hybridized carbons (Fsp3) is 0.154. The summed E-state index contributed by atoms with van der Waals surface area (Å²) in [7, 11) is 1.54. The molecule has 0 fully saturated rings. The first kappa shape index (κ1) is 10.5. The topological polar surface area (TPSA) is 42.4 Å². The highest BCUT2D eigenvalue weighted by Gasteiger charge is 2.10. The van der Waals surface area contributed by atoms with Crippen molar-refractivity contribution in [3.63, 3.8) is 0 Å². The first-order chi connectivity index (χ1) is 7.74. The molecule has 0 unspecified atom stereocenters. The number of aromatic hydroxyl groups is 1. The molecule has 1 aromatic heterocycles. The molecule has 0 spiro atoms. The van der Waals surface area contributed by atoms with Crippen molar-refractivity contribution in [2.75, 3.05) is 7.11 Å². The number of aryl methyl sites for hydroxylation is 1. The van der Waals surface area contributed by atoms with E-state index in [4.69, 9.17) is 4.74 Å². The van der Waals surface area contributed by atoms with Crippen LogP contribution in [0.25, 0.3) is 11.1 Å². The fourth-order valence-corrected chi connectivity index (χ4v) is 1.68. The monoisotopic (exact) mass is 215 g/mol. The predicted molar refractivity (Wildman–Crippen MR) is 62.6 cm³/mol. The van der Waals surface area contributed by atoms with Crippen LogP contribution in [0.2, 0.25) is 0 Å². The maximum absolute atomic E-state index is 10.0. The van der Waals surface area contributed by atoms with E-state index in [0.29, 0.717) is 5.75 Å². The second-order valence-electron chi connectivity index (χ2n) is 3.55. The molecule has 2 aromatic rings. The second-order valence-corrected chi connectivity index (χ2v) is 3.55. The molecular weight excluding hydrogens is 202 g/mol. The third-order valence-corrected chi connectivity index (χ3v) is 2.53. The van der Waals surface area contributed by atoms with Crippen molar-refractivity contribution < 1.29 is 9.84 Å². The lowest BCUT2D eigenvalue weighted by molar-refractivity contribution is 0.374. The van der Waals surface area contributed by atoms with Gasteiger partial charge in [0.2, 0.25) is 0 Å². The van der Waals surface area contributed by atoms with Crippen molar-refractivity contribution in [1.29, 1.82) is 0 Å². The molecule has 1 N–H and O–H groups in total. The van der Waals surface area contributed by atoms with Crippen LogP contribution >= 0.6 is 0 Å². The number of methoxy groups -OCH3 is 1. The van der Waals surface area contributed by atoms with E-state index >= 15 is 0 Å². The second kappa shape index (κ2) is 4.23. The van der Waals surface area contributed by atoms with E-state index in [1.165, 1.54) is 7.11 Å². The third-order valence-electron chi connectivity index (χ3n) is 2.53. The average molecular weight is 215 g/mol. The van der Waals surface area contributed by atoms with Crippen LogP contribution in [-0.4, -0.2) is 17.2 Å². The summed E-state index contributed by atoms with van der Waals surface area (Å²) in [6, 6.07) is 7.33. The van der Waals surface area contributed by atoms with Crippen LogP contribution < -0.4 is 4.74 Å². The minimum atomic E-state index is 0.166. The van der Waals surface area contributed by atoms with Crippen molar-refractivity contribution in [2.45, 2.75) is 6.92 Å². The molecule has 82 valence electrons. The molecule has 0 radical (unpaired) electrons. The summed E-state index contributed by atoms with van der Waals surface area (Å²) in [5.41, 5.74) is 2.75. The van der Waals surface area contributed by atoms with E-state index in [0.717, 1.165) is 16.7 Å². The molecule has 0 saturated heterocycles. The minimum Gasteiger partial charge on any atom is -0.504 e. The predicted octanol–water partition coefficient (Wildman–Crippen LogP) is 2.77. The van der Waals surface area contributed by atoms with Crippen LogP contribution in [0.1, 0.15) is 5.56 Å². The van der Waals surface area contributed by atoms with Crippen molar-refractivity contribution in [3.05, 3.63) is 42.2 Å². The lowest BCUT2D eigenvalue weighted by Gasteiger charge is -2.10. The zero-order chi connectivity index (χ0) is 11.5. The van der Waals surface area contributed by atoms with E-state index in [2.05, 4.69) is 4.98 Å². The number of ether oxygens (including phenoxy) is 1. The fourth-order valence-electron chi connectivity index (χ4n) is 1.68. The van der Waals surface area contributed by atoms with Gasteiger partial charge in [-0.3, -0.25) is 4.98 Å². The maximum atomic E-state index is 10.0. The molecule has 0 bridgehead atoms. The quantitative estimate of drug-likeness (QED) is 0.837. The SMILES string of the molecule is COc1cccc(-c2ccncc2C)c1O. The number of rotatable bonds is 2. The molecule has 1 aromatic carbocycles. The van der Waals surface area contributed by atoms with Crippen LogP contribution in [0.4, 0.5) is 0 Å². The molecule has 3 heteroatoms. The number of para-hydroxylation sites is 1. The average Bonchev–Trinajstić information content (AvgIpc) is 2.31. The number of aromatic nitrogens is 1. The number of nitrogens with zero attached hydrogens (tertiary/aromatic N) is 1. The molecule has 3 nitrogen and oxygen atoms in total. The molecule has 0 atom stereocenters. The summed E-state index contributed by atoms with van der Waals surface area (Å²) in [4.78, 5) is 4.03. The van der Waals surface area contributed by atoms with Crippen LogP contribution in [0.3, 0.4) is 0 Å². The van der Waals surface area contributed by atoms with E-state index < -0.39 is 0 Å². The molecule has 0 aliphatic rings. The van der Waals surface area contributed by atoms with Gasteiger partial charge in [0.05, 0.1) is 7.11 Å². The Balaban J connectivity index is 2.61. The highest BCUT2D eigenvalue weighted by molar-refractivity contribution is 5.75. The molecule has 16 heavy (non-hydrogen) atoms. The van der Waals surface area contributed by atoms with Gasteiger partial charge in [-0.1, -0.05) is 12.1 Å². The Bertz CT molecular complexity index is 509. The Kier molecular flexibility index (Phi) is 2.77. The number of benzene rings is 1. The Hall–Kier alpha value is -2.03. The van der Waals surface area contributed by atoms with E-state index in [1.807, 2.05) is 25.1 Å². The number of hydrogen-bond acceptors (Lipinski definition) is 3. The normalized spacial score (nSPS) is 10.1. The van der Waals surface area contributed by atoms with Gasteiger partial charge in [0, 0.05) is 18.0 Å². The van der Waals surface area contributed by atoms with Gasteiger partial charge in [0.25, 0.3) is 0 Å². The lowest BCUT2D eigenvalue weighted by atomic mass is 10.0. The van der Waals surface area contributed by atoms with Gasteiger partial charge in [0.1, 0.15) is 0 Å². The maximum Gasteiger partial charge on any atom is 0.165 e. The molecular formula is C13H13NO2. The smallest absolute Gasteiger partial charge is 0.165 e. The Labute approximate surface area is 94.3 Å². The van der Waals surface area contributed by atoms with Gasteiger partial charge < -0.3 is 9.84 Å². The highest BCUT2D eigenvalue weighted by Crippen LogP contribution is 2.37. The van der Waals surface area contributed by atoms with Crippen molar-refractivity contribution in [3.8, 4) is 22.6 Å². The Morgan fingerprint density at radius 2 is 2.00 bits per heavy atom. The Morgan fingerprint density at radius 3 is 2.69 bits per heavy atom. The van der Waals surface area contributed by atoms with Gasteiger partial charge in [-0.05, 0) is 30.2 Å². The first-order valence-electron chi connectivity index (χ1n) is 5.01. The summed E-state index contributed by atoms with van der Waals surface area (Å²) in [5, 5.41) is 10.0. The lowest BCUT2D eigenvalue weighted by Crippen LogP contribution is -1.88. The standard InChI is InChI=1S/C13H13NO2/c1-9-8-14-7-6-10(9)11-4-3-5-12(16-2)13(11)15/h3-8,15H,1-2H3. The van der Waals surface area contributed by atoms with Crippen molar-refractivity contribution >= 4 is 0 Å². The Morgan fingerprint density at radius 1 is 1.19 bits per heavy atom. The van der Waals surface area contributed by atoms with Crippen molar-refractivity contribution in [2.24, 2.45) is 0 Å². The third kappa shape index (κ3) is 1.72. The van der Waals surface area contributed by atoms with Gasteiger partial charge in [0.15, 0.2) is 11.5 Å². The van der Waals surface area contributed by atoms with Crippen LogP contribution in [-0.2, 0) is 0 Å². The van der Waals surface area contributed by atoms with E-state index in [1.54, 1.807) is 18.5 Å². The summed E-state index contributed by atoms with van der Waals surface area (Å²) in [5.74, 6) is 0.646. The molecule has 0 saturated carbocycles. The van der Waals surface area contributed by atoms with Gasteiger partial charge in [-0.25, -0.2) is 0 Å². The van der Waals surface area contributed by atoms with Gasteiger partial charge >= 0.3 is 0 Å². The molecule has 0 amide bonds. The minimum absolute atomic E-state index is 0.166. The molecule has 0 aliphatic carbocycles. The molecule has 0 aliphatic heterocycles.